The van der Waals surface area contributed by atoms with Crippen LogP contribution in [0.5, 0.6) is 17.2 Å². The third kappa shape index (κ3) is 9.98. The molecule has 0 bridgehead atoms. The summed E-state index contributed by atoms with van der Waals surface area (Å²) in [6, 6.07) is 9.29. The van der Waals surface area contributed by atoms with E-state index in [-0.39, 0.29) is 39.9 Å². The maximum Gasteiger partial charge on any atom is 0.330 e. The molecular formula is C39H40O21. The molecule has 60 heavy (non-hydrogen) atoms. The molecule has 2 fully saturated rings. The van der Waals surface area contributed by atoms with Gasteiger partial charge in [0.25, 0.3) is 0 Å². The van der Waals surface area contributed by atoms with Crippen LogP contribution in [0.25, 0.3) is 11.8 Å². The van der Waals surface area contributed by atoms with Gasteiger partial charge in [0.2, 0.25) is 12.6 Å². The molecule has 0 amide bonds. The minimum atomic E-state index is -1.94. The van der Waals surface area contributed by atoms with Crippen molar-refractivity contribution in [3.05, 3.63) is 101 Å². The molecule has 11 atom stereocenters. The lowest BCUT2D eigenvalue weighted by Crippen LogP contribution is -2.59. The Balaban J connectivity index is 1.24. The average Bonchev–Trinajstić information content (AvgIpc) is 3.20. The molecule has 2 saturated heterocycles. The quantitative estimate of drug-likeness (QED) is 0.0501. The number of rotatable bonds is 13. The highest BCUT2D eigenvalue weighted by molar-refractivity contribution is 5.90. The number of hydrogen-bond donors (Lipinski definition) is 11. The van der Waals surface area contributed by atoms with E-state index in [1.807, 2.05) is 0 Å². The lowest BCUT2D eigenvalue weighted by atomic mass is 9.96. The van der Waals surface area contributed by atoms with Crippen LogP contribution in [0.3, 0.4) is 0 Å². The second-order valence-corrected chi connectivity index (χ2v) is 13.7. The summed E-state index contributed by atoms with van der Waals surface area (Å²) in [5.41, 5.74) is 0.659. The van der Waals surface area contributed by atoms with Crippen molar-refractivity contribution in [3.8, 4) is 17.2 Å². The van der Waals surface area contributed by atoms with Crippen LogP contribution in [-0.2, 0) is 47.5 Å². The number of esters is 2. The van der Waals surface area contributed by atoms with Crippen molar-refractivity contribution < 1.29 is 104 Å². The molecule has 11 N–H and O–H groups in total. The number of benzene rings is 2. The van der Waals surface area contributed by atoms with E-state index >= 15 is 0 Å². The number of aliphatic hydroxyl groups is 7. The molecule has 3 aliphatic heterocycles. The Labute approximate surface area is 338 Å². The number of aliphatic carboxylic acids is 1. The van der Waals surface area contributed by atoms with Crippen LogP contribution in [-0.4, -0.2) is 155 Å². The fourth-order valence-corrected chi connectivity index (χ4v) is 6.23. The molecule has 4 aliphatic rings. The van der Waals surface area contributed by atoms with E-state index in [4.69, 9.17) is 38.3 Å². The summed E-state index contributed by atoms with van der Waals surface area (Å²) in [4.78, 5) is 35.2. The van der Waals surface area contributed by atoms with Crippen LogP contribution in [0.2, 0.25) is 0 Å². The molecule has 322 valence electrons. The van der Waals surface area contributed by atoms with Crippen molar-refractivity contribution in [2.45, 2.75) is 73.9 Å². The second kappa shape index (κ2) is 18.4. The topological polar surface area (TPSA) is 338 Å². The number of allylic oxidation sites excluding steroid dienone is 2. The fourth-order valence-electron chi connectivity index (χ4n) is 6.23. The summed E-state index contributed by atoms with van der Waals surface area (Å²) >= 11 is 0. The standard InChI is InChI=1S/C39H40O21/c40-18-5-3-17(4-6-18)37-25(58-39-36(53)34(51)31(48)26(60-39)14-54-29(46)8-2-16-1-7-21(42)22(43)9-16)12-20-23(56-37)10-19(41)11-24(20)57-38-35(52)33(50)32(49)27(59-38)15-55-30(47)13-28(44)45/h1-12,23,26-27,31-36,38-43,48-53H,13-15H2,(H,44,45)/b8-2+/t23?,26-,27-,31-,32-,33+,34+,35-,36-,38-,39-/m1/s1. The summed E-state index contributed by atoms with van der Waals surface area (Å²) in [6.07, 6.45) is -14.3. The Bertz CT molecular complexity index is 2090. The number of carbonyl (C=O) groups is 3. The average molecular weight is 845 g/mol. The Morgan fingerprint density at radius 3 is 1.93 bits per heavy atom. The van der Waals surface area contributed by atoms with Crippen molar-refractivity contribution in [1.29, 1.82) is 0 Å². The highest BCUT2D eigenvalue weighted by Crippen LogP contribution is 2.40. The lowest BCUT2D eigenvalue weighted by Gasteiger charge is -2.42. The summed E-state index contributed by atoms with van der Waals surface area (Å²) in [6.45, 7) is -1.41. The first-order valence-electron chi connectivity index (χ1n) is 18.0. The molecule has 21 heteroatoms. The number of phenols is 3. The van der Waals surface area contributed by atoms with E-state index < -0.39 is 117 Å². The van der Waals surface area contributed by atoms with Gasteiger partial charge >= 0.3 is 17.9 Å². The van der Waals surface area contributed by atoms with Gasteiger partial charge in [-0.15, -0.1) is 0 Å². The SMILES string of the molecule is O=C(O)CC(=O)OC[C@H]1O[C@@H](OC2=CC(O)=CC3OC(c4ccc(O)cc4)=C(O[C@@H]4O[C@H](COC(=O)/C=C/c5ccc(O)c(O)c5)[C@@H](O)[C@H](O)[C@H]4O)C=C23)[C@H](O)[C@@H](O)[C@@H]1O. The predicted octanol–water partition coefficient (Wildman–Crippen LogP) is -0.941. The Morgan fingerprint density at radius 2 is 1.32 bits per heavy atom. The van der Waals surface area contributed by atoms with Gasteiger partial charge < -0.3 is 89.3 Å². The summed E-state index contributed by atoms with van der Waals surface area (Å²) in [5.74, 6) is -5.50. The summed E-state index contributed by atoms with van der Waals surface area (Å²) in [5, 5.41) is 113. The van der Waals surface area contributed by atoms with E-state index in [9.17, 15) is 65.4 Å². The normalized spacial score (nSPS) is 30.2. The van der Waals surface area contributed by atoms with E-state index in [0.29, 0.717) is 5.56 Å². The van der Waals surface area contributed by atoms with Gasteiger partial charge in [0, 0.05) is 29.4 Å². The zero-order valence-corrected chi connectivity index (χ0v) is 30.9. The van der Waals surface area contributed by atoms with Crippen molar-refractivity contribution in [2.24, 2.45) is 0 Å². The number of carboxylic acids is 1. The predicted molar refractivity (Wildman–Crippen MR) is 195 cm³/mol. The maximum atomic E-state index is 12.5. The van der Waals surface area contributed by atoms with Crippen LogP contribution < -0.4 is 0 Å². The number of aromatic hydroxyl groups is 3. The number of aliphatic hydroxyl groups excluding tert-OH is 7. The molecule has 0 spiro atoms. The molecule has 0 radical (unpaired) electrons. The lowest BCUT2D eigenvalue weighted by molar-refractivity contribution is -0.292. The smallest absolute Gasteiger partial charge is 0.330 e. The van der Waals surface area contributed by atoms with Crippen LogP contribution >= 0.6 is 0 Å². The van der Waals surface area contributed by atoms with Gasteiger partial charge in [-0.1, -0.05) is 6.07 Å². The van der Waals surface area contributed by atoms with Crippen LogP contribution in [0, 0.1) is 0 Å². The molecule has 2 aromatic rings. The number of ether oxygens (including phenoxy) is 7. The monoisotopic (exact) mass is 844 g/mol. The molecule has 1 unspecified atom stereocenters. The largest absolute Gasteiger partial charge is 0.508 e. The minimum Gasteiger partial charge on any atom is -0.508 e. The molecule has 0 saturated carbocycles. The van der Waals surface area contributed by atoms with E-state index in [1.165, 1.54) is 60.7 Å². The van der Waals surface area contributed by atoms with Crippen molar-refractivity contribution in [1.82, 2.24) is 0 Å². The first-order valence-corrected chi connectivity index (χ1v) is 18.0. The molecule has 21 nitrogen and oxygen atoms in total. The molecule has 3 heterocycles. The number of carboxylic acid groups (broad SMARTS) is 1. The molecule has 6 rings (SSSR count). The summed E-state index contributed by atoms with van der Waals surface area (Å²) in [7, 11) is 0. The van der Waals surface area contributed by atoms with E-state index in [2.05, 4.69) is 0 Å². The fraction of sp³-hybridized carbons (Fsp3) is 0.359. The van der Waals surface area contributed by atoms with Gasteiger partial charge in [-0.05, 0) is 54.1 Å². The zero-order valence-electron chi connectivity index (χ0n) is 30.9. The van der Waals surface area contributed by atoms with Crippen molar-refractivity contribution >= 4 is 29.7 Å². The Morgan fingerprint density at radius 1 is 0.700 bits per heavy atom. The van der Waals surface area contributed by atoms with Crippen LogP contribution in [0.15, 0.2) is 89.6 Å². The number of fused-ring (bicyclic) bond motifs is 1. The van der Waals surface area contributed by atoms with Gasteiger partial charge in [-0.3, -0.25) is 9.59 Å². The van der Waals surface area contributed by atoms with Gasteiger partial charge in [-0.2, -0.15) is 0 Å². The highest BCUT2D eigenvalue weighted by Gasteiger charge is 2.48. The van der Waals surface area contributed by atoms with Crippen LogP contribution in [0.4, 0.5) is 0 Å². The van der Waals surface area contributed by atoms with Crippen molar-refractivity contribution in [2.75, 3.05) is 13.2 Å². The van der Waals surface area contributed by atoms with Crippen molar-refractivity contribution in [3.63, 3.8) is 0 Å². The maximum absolute atomic E-state index is 12.5. The molecule has 0 aromatic heterocycles. The first kappa shape index (κ1) is 43.4. The Kier molecular flexibility index (Phi) is 13.3. The van der Waals surface area contributed by atoms with Gasteiger partial charge in [0.15, 0.2) is 23.0 Å². The highest BCUT2D eigenvalue weighted by atomic mass is 16.7. The minimum absolute atomic E-state index is 0.0521. The molecule has 1 aliphatic carbocycles. The van der Waals surface area contributed by atoms with Gasteiger partial charge in [0.1, 0.15) is 91.8 Å². The molecule has 2 aromatic carbocycles. The Hall–Kier alpha value is -6.17. The number of hydrogen-bond acceptors (Lipinski definition) is 20. The third-order valence-corrected chi connectivity index (χ3v) is 9.41. The zero-order chi connectivity index (χ0) is 43.4. The third-order valence-electron chi connectivity index (χ3n) is 9.41. The van der Waals surface area contributed by atoms with E-state index in [1.54, 1.807) is 0 Å². The van der Waals surface area contributed by atoms with E-state index in [0.717, 1.165) is 12.2 Å². The van der Waals surface area contributed by atoms with Crippen LogP contribution in [0.1, 0.15) is 17.5 Å². The number of carbonyl (C=O) groups excluding carboxylic acids is 2. The summed E-state index contributed by atoms with van der Waals surface area (Å²) < 4.78 is 39.5. The second-order valence-electron chi connectivity index (χ2n) is 13.7. The molecular weight excluding hydrogens is 804 g/mol. The number of phenolic OH excluding ortho intramolecular Hbond substituents is 3. The van der Waals surface area contributed by atoms with Gasteiger partial charge in [0.05, 0.1) is 0 Å². The van der Waals surface area contributed by atoms with Gasteiger partial charge in [-0.25, -0.2) is 4.79 Å². The first-order chi connectivity index (χ1) is 28.5.